The molecule has 6 heteroatoms. The minimum atomic E-state index is -0.500. The van der Waals surface area contributed by atoms with Crippen LogP contribution in [0.25, 0.3) is 0 Å². The molecular weight excluding hydrogens is 275 g/mol. The van der Waals surface area contributed by atoms with Crippen LogP contribution < -0.4 is 5.32 Å². The minimum Gasteiger partial charge on any atom is -0.380 e. The molecule has 4 nitrogen and oxygen atoms in total. The molecule has 0 radical (unpaired) electrons. The Kier molecular flexibility index (Phi) is 3.97. The van der Waals surface area contributed by atoms with E-state index in [9.17, 15) is 10.1 Å². The zero-order valence-electron chi connectivity index (χ0n) is 9.95. The number of non-ortho nitro benzene ring substituents is 1. The van der Waals surface area contributed by atoms with E-state index in [0.717, 1.165) is 6.42 Å². The molecule has 0 spiro atoms. The lowest BCUT2D eigenvalue weighted by Crippen LogP contribution is -2.22. The molecule has 1 aliphatic rings. The lowest BCUT2D eigenvalue weighted by Gasteiger charge is -2.20. The summed E-state index contributed by atoms with van der Waals surface area (Å²) in [5.41, 5.74) is 0.512. The van der Waals surface area contributed by atoms with Gasteiger partial charge in [0.25, 0.3) is 5.69 Å². The highest BCUT2D eigenvalue weighted by Crippen LogP contribution is 2.37. The topological polar surface area (TPSA) is 55.2 Å². The Morgan fingerprint density at radius 2 is 1.94 bits per heavy atom. The number of nitro benzene ring substituents is 1. The number of nitro groups is 1. The van der Waals surface area contributed by atoms with E-state index in [1.165, 1.54) is 25.0 Å². The van der Waals surface area contributed by atoms with Crippen molar-refractivity contribution in [1.82, 2.24) is 0 Å². The standard InChI is InChI=1S/C12H14Cl2N2O2/c1-7-3-2-4-11(7)15-12-9(13)5-8(16(17)18)6-10(12)14/h5-7,11,15H,2-4H2,1H3. The normalized spacial score (nSPS) is 23.1. The van der Waals surface area contributed by atoms with Crippen LogP contribution in [0.3, 0.4) is 0 Å². The minimum absolute atomic E-state index is 0.0879. The largest absolute Gasteiger partial charge is 0.380 e. The van der Waals surface area contributed by atoms with E-state index in [1.54, 1.807) is 0 Å². The summed E-state index contributed by atoms with van der Waals surface area (Å²) in [7, 11) is 0. The molecule has 1 aromatic rings. The SMILES string of the molecule is CC1CCCC1Nc1c(Cl)cc([N+](=O)[O-])cc1Cl. The average Bonchev–Trinajstić information content (AvgIpc) is 2.69. The van der Waals surface area contributed by atoms with Crippen molar-refractivity contribution in [2.24, 2.45) is 5.92 Å². The molecule has 1 aliphatic carbocycles. The van der Waals surface area contributed by atoms with Gasteiger partial charge in [0, 0.05) is 18.2 Å². The fourth-order valence-electron chi connectivity index (χ4n) is 2.35. The lowest BCUT2D eigenvalue weighted by molar-refractivity contribution is -0.384. The number of rotatable bonds is 3. The quantitative estimate of drug-likeness (QED) is 0.658. The van der Waals surface area contributed by atoms with Crippen LogP contribution in [0.15, 0.2) is 12.1 Å². The van der Waals surface area contributed by atoms with Gasteiger partial charge in [0.15, 0.2) is 0 Å². The molecule has 1 saturated carbocycles. The van der Waals surface area contributed by atoms with Crippen molar-refractivity contribution >= 4 is 34.6 Å². The molecular formula is C12H14Cl2N2O2. The molecule has 98 valence electrons. The second-order valence-electron chi connectivity index (χ2n) is 4.70. The van der Waals surface area contributed by atoms with Crippen LogP contribution in [0.5, 0.6) is 0 Å². The van der Waals surface area contributed by atoms with Crippen molar-refractivity contribution in [1.29, 1.82) is 0 Å². The van der Waals surface area contributed by atoms with E-state index in [2.05, 4.69) is 12.2 Å². The maximum absolute atomic E-state index is 10.7. The number of benzene rings is 1. The Bertz CT molecular complexity index is 456. The van der Waals surface area contributed by atoms with E-state index in [4.69, 9.17) is 23.2 Å². The highest BCUT2D eigenvalue weighted by Gasteiger charge is 2.25. The van der Waals surface area contributed by atoms with Gasteiger partial charge in [-0.3, -0.25) is 10.1 Å². The predicted molar refractivity (Wildman–Crippen MR) is 73.5 cm³/mol. The Labute approximate surface area is 115 Å². The van der Waals surface area contributed by atoms with Crippen LogP contribution in [-0.2, 0) is 0 Å². The summed E-state index contributed by atoms with van der Waals surface area (Å²) in [4.78, 5) is 10.2. The third kappa shape index (κ3) is 2.70. The molecule has 0 heterocycles. The lowest BCUT2D eigenvalue weighted by atomic mass is 10.1. The van der Waals surface area contributed by atoms with Gasteiger partial charge in [0.2, 0.25) is 0 Å². The first kappa shape index (κ1) is 13.4. The number of nitrogens with zero attached hydrogens (tertiary/aromatic N) is 1. The second kappa shape index (κ2) is 5.33. The van der Waals surface area contributed by atoms with Crippen molar-refractivity contribution in [3.8, 4) is 0 Å². The Morgan fingerprint density at radius 3 is 2.39 bits per heavy atom. The number of halogens is 2. The zero-order chi connectivity index (χ0) is 13.3. The Balaban J connectivity index is 2.25. The van der Waals surface area contributed by atoms with Crippen LogP contribution in [0.2, 0.25) is 10.0 Å². The maximum atomic E-state index is 10.7. The van der Waals surface area contributed by atoms with Gasteiger partial charge in [0.05, 0.1) is 20.7 Å². The van der Waals surface area contributed by atoms with E-state index in [0.29, 0.717) is 27.7 Å². The molecule has 1 aromatic carbocycles. The molecule has 2 rings (SSSR count). The van der Waals surface area contributed by atoms with Crippen LogP contribution in [0, 0.1) is 16.0 Å². The van der Waals surface area contributed by atoms with E-state index in [-0.39, 0.29) is 5.69 Å². The summed E-state index contributed by atoms with van der Waals surface area (Å²) in [5, 5.41) is 14.6. The third-order valence-electron chi connectivity index (χ3n) is 3.43. The molecule has 0 bridgehead atoms. The zero-order valence-corrected chi connectivity index (χ0v) is 11.5. The van der Waals surface area contributed by atoms with Crippen molar-refractivity contribution in [3.63, 3.8) is 0 Å². The number of hydrogen-bond acceptors (Lipinski definition) is 3. The number of anilines is 1. The van der Waals surface area contributed by atoms with Crippen LogP contribution >= 0.6 is 23.2 Å². The summed E-state index contributed by atoms with van der Waals surface area (Å²) >= 11 is 12.1. The van der Waals surface area contributed by atoms with Gasteiger partial charge in [-0.15, -0.1) is 0 Å². The molecule has 0 aliphatic heterocycles. The first-order valence-electron chi connectivity index (χ1n) is 5.89. The fraction of sp³-hybridized carbons (Fsp3) is 0.500. The number of hydrogen-bond donors (Lipinski definition) is 1. The Hall–Kier alpha value is -1.00. The van der Waals surface area contributed by atoms with Crippen LogP contribution in [0.4, 0.5) is 11.4 Å². The monoisotopic (exact) mass is 288 g/mol. The van der Waals surface area contributed by atoms with Crippen molar-refractivity contribution in [2.45, 2.75) is 32.2 Å². The molecule has 0 aromatic heterocycles. The summed E-state index contributed by atoms with van der Waals surface area (Å²) in [6, 6.07) is 2.99. The molecule has 18 heavy (non-hydrogen) atoms. The third-order valence-corrected chi connectivity index (χ3v) is 4.03. The molecule has 1 fully saturated rings. The molecule has 0 amide bonds. The van der Waals surface area contributed by atoms with Gasteiger partial charge in [-0.1, -0.05) is 36.5 Å². The smallest absolute Gasteiger partial charge is 0.272 e. The van der Waals surface area contributed by atoms with E-state index < -0.39 is 4.92 Å². The summed E-state index contributed by atoms with van der Waals surface area (Å²) < 4.78 is 0. The van der Waals surface area contributed by atoms with Gasteiger partial charge in [-0.25, -0.2) is 0 Å². The first-order chi connectivity index (χ1) is 8.49. The molecule has 2 atom stereocenters. The van der Waals surface area contributed by atoms with Crippen molar-refractivity contribution in [3.05, 3.63) is 32.3 Å². The van der Waals surface area contributed by atoms with Gasteiger partial charge in [0.1, 0.15) is 0 Å². The van der Waals surface area contributed by atoms with Gasteiger partial charge >= 0.3 is 0 Å². The molecule has 0 saturated heterocycles. The summed E-state index contributed by atoms with van der Waals surface area (Å²) in [6.07, 6.45) is 3.44. The van der Waals surface area contributed by atoms with E-state index in [1.807, 2.05) is 0 Å². The molecule has 1 N–H and O–H groups in total. The summed E-state index contributed by atoms with van der Waals surface area (Å²) in [5.74, 6) is 0.562. The Morgan fingerprint density at radius 1 is 1.33 bits per heavy atom. The number of nitrogens with one attached hydrogen (secondary N) is 1. The highest BCUT2D eigenvalue weighted by molar-refractivity contribution is 6.39. The van der Waals surface area contributed by atoms with E-state index >= 15 is 0 Å². The predicted octanol–water partition coefficient (Wildman–Crippen LogP) is 4.50. The van der Waals surface area contributed by atoms with Crippen LogP contribution in [-0.4, -0.2) is 11.0 Å². The highest BCUT2D eigenvalue weighted by atomic mass is 35.5. The van der Waals surface area contributed by atoms with Crippen molar-refractivity contribution in [2.75, 3.05) is 5.32 Å². The first-order valence-corrected chi connectivity index (χ1v) is 6.64. The summed E-state index contributed by atoms with van der Waals surface area (Å²) in [6.45, 7) is 2.18. The van der Waals surface area contributed by atoms with Gasteiger partial charge in [-0.2, -0.15) is 0 Å². The maximum Gasteiger partial charge on any atom is 0.272 e. The van der Waals surface area contributed by atoms with Gasteiger partial charge in [-0.05, 0) is 18.8 Å². The van der Waals surface area contributed by atoms with Gasteiger partial charge < -0.3 is 5.32 Å². The second-order valence-corrected chi connectivity index (χ2v) is 5.51. The average molecular weight is 289 g/mol. The fourth-order valence-corrected chi connectivity index (χ4v) is 2.93. The van der Waals surface area contributed by atoms with Crippen LogP contribution in [0.1, 0.15) is 26.2 Å². The van der Waals surface area contributed by atoms with Crippen molar-refractivity contribution < 1.29 is 4.92 Å². The molecule has 2 unspecified atom stereocenters.